The molecule has 0 saturated carbocycles. The zero-order valence-corrected chi connectivity index (χ0v) is 12.4. The van der Waals surface area contributed by atoms with Gasteiger partial charge in [-0.25, -0.2) is 9.86 Å². The topological polar surface area (TPSA) is 41.6 Å². The highest BCUT2D eigenvalue weighted by atomic mass is 16.7. The molecule has 20 heavy (non-hydrogen) atoms. The van der Waals surface area contributed by atoms with Crippen molar-refractivity contribution in [2.45, 2.75) is 38.5 Å². The second-order valence-corrected chi connectivity index (χ2v) is 5.30. The molecule has 0 radical (unpaired) electrons. The molecule has 0 unspecified atom stereocenters. The number of hydrogen-bond donors (Lipinski definition) is 1. The van der Waals surface area contributed by atoms with E-state index in [1.807, 2.05) is 6.07 Å². The van der Waals surface area contributed by atoms with E-state index in [9.17, 15) is 4.79 Å². The van der Waals surface area contributed by atoms with Crippen LogP contribution in [0.1, 0.15) is 38.7 Å². The number of urea groups is 1. The van der Waals surface area contributed by atoms with Gasteiger partial charge in [-0.15, -0.1) is 0 Å². The molecule has 2 rings (SSSR count). The third kappa shape index (κ3) is 3.12. The van der Waals surface area contributed by atoms with Gasteiger partial charge in [0.2, 0.25) is 0 Å². The summed E-state index contributed by atoms with van der Waals surface area (Å²) in [6.45, 7) is 6.31. The van der Waals surface area contributed by atoms with Gasteiger partial charge in [-0.05, 0) is 24.8 Å². The lowest BCUT2D eigenvalue weighted by molar-refractivity contribution is -0.0665. The van der Waals surface area contributed by atoms with Crippen molar-refractivity contribution in [3.8, 4) is 0 Å². The molecule has 1 aliphatic heterocycles. The fourth-order valence-corrected chi connectivity index (χ4v) is 2.74. The fourth-order valence-electron chi connectivity index (χ4n) is 2.74. The quantitative estimate of drug-likeness (QED) is 0.898. The van der Waals surface area contributed by atoms with Gasteiger partial charge in [0.05, 0.1) is 13.2 Å². The number of nitrogens with zero attached hydrogens (tertiary/aromatic N) is 1. The maximum absolute atomic E-state index is 12.0. The Morgan fingerprint density at radius 1 is 1.30 bits per heavy atom. The Morgan fingerprint density at radius 2 is 2.00 bits per heavy atom. The average molecular weight is 276 g/mol. The van der Waals surface area contributed by atoms with Crippen molar-refractivity contribution in [1.82, 2.24) is 10.4 Å². The van der Waals surface area contributed by atoms with Crippen molar-refractivity contribution < 1.29 is 9.63 Å². The predicted octanol–water partition coefficient (Wildman–Crippen LogP) is 3.09. The smallest absolute Gasteiger partial charge is 0.335 e. The summed E-state index contributed by atoms with van der Waals surface area (Å²) in [5.41, 5.74) is 1.28. The normalized spacial score (nSPS) is 15.4. The first-order chi connectivity index (χ1) is 9.72. The lowest BCUT2D eigenvalue weighted by Gasteiger charge is -2.33. The van der Waals surface area contributed by atoms with Crippen LogP contribution in [-0.4, -0.2) is 30.8 Å². The first-order valence-corrected chi connectivity index (χ1v) is 7.45. The van der Waals surface area contributed by atoms with E-state index in [4.69, 9.17) is 4.84 Å². The molecule has 1 aromatic rings. The highest BCUT2D eigenvalue weighted by Crippen LogP contribution is 2.30. The van der Waals surface area contributed by atoms with E-state index in [1.54, 1.807) is 0 Å². The summed E-state index contributed by atoms with van der Waals surface area (Å²) in [5, 5.41) is 4.46. The number of carbonyl (C=O) groups excluding carboxylic acids is 1. The van der Waals surface area contributed by atoms with E-state index in [-0.39, 0.29) is 11.4 Å². The van der Waals surface area contributed by atoms with Crippen LogP contribution >= 0.6 is 0 Å². The molecule has 110 valence electrons. The summed E-state index contributed by atoms with van der Waals surface area (Å²) in [5.74, 6) is 0. The molecule has 1 aliphatic rings. The molecule has 0 aromatic heterocycles. The molecule has 1 N–H and O–H groups in total. The lowest BCUT2D eigenvalue weighted by Crippen LogP contribution is -2.45. The van der Waals surface area contributed by atoms with Gasteiger partial charge in [0.15, 0.2) is 0 Å². The molecule has 0 spiro atoms. The molecule has 0 aliphatic carbocycles. The standard InChI is InChI=1S/C16H24N2O2/c1-3-16(4-2,14-9-6-5-7-10-14)13-17-15(19)18-11-8-12-20-18/h5-7,9-10H,3-4,8,11-13H2,1-2H3,(H,17,19). The van der Waals surface area contributed by atoms with Crippen LogP contribution < -0.4 is 5.32 Å². The van der Waals surface area contributed by atoms with Gasteiger partial charge >= 0.3 is 6.03 Å². The second kappa shape index (κ2) is 6.75. The van der Waals surface area contributed by atoms with Gasteiger partial charge in [0.25, 0.3) is 0 Å². The van der Waals surface area contributed by atoms with E-state index in [0.717, 1.165) is 19.3 Å². The second-order valence-electron chi connectivity index (χ2n) is 5.30. The maximum Gasteiger partial charge on any atom is 0.341 e. The van der Waals surface area contributed by atoms with Crippen LogP contribution in [0.2, 0.25) is 0 Å². The molecule has 1 fully saturated rings. The highest BCUT2D eigenvalue weighted by molar-refractivity contribution is 5.73. The minimum atomic E-state index is -0.121. The molecule has 1 aromatic carbocycles. The summed E-state index contributed by atoms with van der Waals surface area (Å²) in [6, 6.07) is 10.3. The number of carbonyl (C=O) groups is 1. The molecular formula is C16H24N2O2. The number of benzene rings is 1. The van der Waals surface area contributed by atoms with Crippen molar-refractivity contribution in [3.05, 3.63) is 35.9 Å². The van der Waals surface area contributed by atoms with Crippen molar-refractivity contribution in [2.24, 2.45) is 0 Å². The minimum absolute atomic E-state index is 0.00333. The van der Waals surface area contributed by atoms with Crippen molar-refractivity contribution in [3.63, 3.8) is 0 Å². The highest BCUT2D eigenvalue weighted by Gasteiger charge is 2.30. The van der Waals surface area contributed by atoms with Crippen LogP contribution in [0.3, 0.4) is 0 Å². The van der Waals surface area contributed by atoms with Crippen molar-refractivity contribution in [2.75, 3.05) is 19.7 Å². The molecule has 2 amide bonds. The molecule has 0 bridgehead atoms. The van der Waals surface area contributed by atoms with E-state index in [2.05, 4.69) is 43.4 Å². The third-order valence-corrected chi connectivity index (χ3v) is 4.30. The van der Waals surface area contributed by atoms with Gasteiger partial charge in [-0.2, -0.15) is 0 Å². The Kier molecular flexibility index (Phi) is 5.01. The third-order valence-electron chi connectivity index (χ3n) is 4.30. The first-order valence-electron chi connectivity index (χ1n) is 7.45. The summed E-state index contributed by atoms with van der Waals surface area (Å²) < 4.78 is 0. The van der Waals surface area contributed by atoms with Crippen LogP contribution in [0.5, 0.6) is 0 Å². The summed E-state index contributed by atoms with van der Waals surface area (Å²) in [4.78, 5) is 17.3. The molecule has 1 saturated heterocycles. The zero-order valence-electron chi connectivity index (χ0n) is 12.4. The number of hydrogen-bond acceptors (Lipinski definition) is 2. The van der Waals surface area contributed by atoms with Crippen LogP contribution in [0.4, 0.5) is 4.79 Å². The SMILES string of the molecule is CCC(CC)(CNC(=O)N1CCCO1)c1ccccc1. The van der Waals surface area contributed by atoms with Crippen LogP contribution in [0.15, 0.2) is 30.3 Å². The monoisotopic (exact) mass is 276 g/mol. The van der Waals surface area contributed by atoms with Crippen LogP contribution in [0.25, 0.3) is 0 Å². The van der Waals surface area contributed by atoms with Gasteiger partial charge in [0, 0.05) is 12.0 Å². The van der Waals surface area contributed by atoms with Gasteiger partial charge in [-0.1, -0.05) is 44.2 Å². The van der Waals surface area contributed by atoms with Crippen molar-refractivity contribution >= 4 is 6.03 Å². The number of hydroxylamine groups is 2. The zero-order chi connectivity index (χ0) is 14.4. The Bertz CT molecular complexity index is 423. The van der Waals surface area contributed by atoms with E-state index in [1.165, 1.54) is 10.6 Å². The van der Waals surface area contributed by atoms with Gasteiger partial charge in [0.1, 0.15) is 0 Å². The molecule has 4 nitrogen and oxygen atoms in total. The minimum Gasteiger partial charge on any atom is -0.335 e. The van der Waals surface area contributed by atoms with Gasteiger partial charge < -0.3 is 5.32 Å². The van der Waals surface area contributed by atoms with E-state index >= 15 is 0 Å². The Hall–Kier alpha value is -1.55. The summed E-state index contributed by atoms with van der Waals surface area (Å²) in [7, 11) is 0. The Balaban J connectivity index is 2.04. The van der Waals surface area contributed by atoms with Crippen LogP contribution in [0, 0.1) is 0 Å². The Labute approximate surface area is 121 Å². The molecular weight excluding hydrogens is 252 g/mol. The number of amides is 2. The number of rotatable bonds is 5. The molecule has 4 heteroatoms. The fraction of sp³-hybridized carbons (Fsp3) is 0.562. The first kappa shape index (κ1) is 14.9. The van der Waals surface area contributed by atoms with E-state index in [0.29, 0.717) is 19.7 Å². The van der Waals surface area contributed by atoms with E-state index < -0.39 is 0 Å². The largest absolute Gasteiger partial charge is 0.341 e. The summed E-state index contributed by atoms with van der Waals surface area (Å²) >= 11 is 0. The lowest BCUT2D eigenvalue weighted by atomic mass is 9.76. The summed E-state index contributed by atoms with van der Waals surface area (Å²) in [6.07, 6.45) is 2.90. The van der Waals surface area contributed by atoms with Gasteiger partial charge in [-0.3, -0.25) is 4.84 Å². The van der Waals surface area contributed by atoms with Crippen LogP contribution in [-0.2, 0) is 10.3 Å². The van der Waals surface area contributed by atoms with Crippen molar-refractivity contribution in [1.29, 1.82) is 0 Å². The average Bonchev–Trinajstić information content (AvgIpc) is 3.04. The predicted molar refractivity (Wildman–Crippen MR) is 79.4 cm³/mol. The number of nitrogens with one attached hydrogen (secondary N) is 1. The molecule has 0 atom stereocenters. The molecule has 1 heterocycles. The maximum atomic E-state index is 12.0. The Morgan fingerprint density at radius 3 is 2.55 bits per heavy atom.